The number of nitrogens with zero attached hydrogens (tertiary/aromatic N) is 5. The summed E-state index contributed by atoms with van der Waals surface area (Å²) in [4.78, 5) is 0. The van der Waals surface area contributed by atoms with E-state index in [0.29, 0.717) is 5.65 Å². The van der Waals surface area contributed by atoms with Crippen LogP contribution in [0.4, 0.5) is 5.82 Å². The average Bonchev–Trinajstić information content (AvgIpc) is 2.87. The molecule has 6 nitrogen and oxygen atoms in total. The third-order valence-electron chi connectivity index (χ3n) is 2.80. The Labute approximate surface area is 118 Å². The second kappa shape index (κ2) is 4.93. The van der Waals surface area contributed by atoms with Gasteiger partial charge in [0.05, 0.1) is 0 Å². The molecule has 3 rings (SSSR count). The number of hydrogen-bond donors (Lipinski definition) is 1. The second-order valence-corrected chi connectivity index (χ2v) is 5.08. The molecule has 19 heavy (non-hydrogen) atoms. The van der Waals surface area contributed by atoms with E-state index in [-0.39, 0.29) is 6.04 Å². The fraction of sp³-hybridized carbons (Fsp3) is 0.167. The molecule has 0 aliphatic heterocycles. The zero-order valence-electron chi connectivity index (χ0n) is 10.2. The van der Waals surface area contributed by atoms with Gasteiger partial charge < -0.3 is 5.32 Å². The first-order valence-corrected chi connectivity index (χ1v) is 6.59. The molecule has 2 aromatic heterocycles. The Morgan fingerprint density at radius 2 is 1.95 bits per heavy atom. The maximum atomic E-state index is 4.28. The summed E-state index contributed by atoms with van der Waals surface area (Å²) in [6.45, 7) is 2.08. The van der Waals surface area contributed by atoms with Gasteiger partial charge in [-0.05, 0) is 47.2 Å². The fourth-order valence-corrected chi connectivity index (χ4v) is 2.05. The molecular weight excluding hydrogens is 308 g/mol. The minimum absolute atomic E-state index is 0.148. The molecular formula is C12H11BrN6. The van der Waals surface area contributed by atoms with Gasteiger partial charge in [0.1, 0.15) is 5.82 Å². The van der Waals surface area contributed by atoms with E-state index in [1.54, 1.807) is 0 Å². The van der Waals surface area contributed by atoms with Crippen molar-refractivity contribution in [2.24, 2.45) is 0 Å². The van der Waals surface area contributed by atoms with Crippen LogP contribution in [0.2, 0.25) is 0 Å². The summed E-state index contributed by atoms with van der Waals surface area (Å²) in [6.07, 6.45) is 0. The van der Waals surface area contributed by atoms with Gasteiger partial charge in [-0.25, -0.2) is 0 Å². The average molecular weight is 319 g/mol. The molecule has 0 radical (unpaired) electrons. The lowest BCUT2D eigenvalue weighted by Crippen LogP contribution is -2.09. The number of aromatic nitrogens is 5. The van der Waals surface area contributed by atoms with Gasteiger partial charge in [-0.3, -0.25) is 0 Å². The normalized spacial score (nSPS) is 12.5. The van der Waals surface area contributed by atoms with Crippen molar-refractivity contribution in [3.63, 3.8) is 0 Å². The van der Waals surface area contributed by atoms with Crippen LogP contribution in [-0.4, -0.2) is 25.3 Å². The first-order chi connectivity index (χ1) is 9.22. The molecule has 3 aromatic rings. The largest absolute Gasteiger partial charge is 0.362 e. The van der Waals surface area contributed by atoms with Crippen molar-refractivity contribution in [3.8, 4) is 0 Å². The van der Waals surface area contributed by atoms with Crippen LogP contribution in [-0.2, 0) is 0 Å². The van der Waals surface area contributed by atoms with Crippen LogP contribution < -0.4 is 5.32 Å². The zero-order valence-corrected chi connectivity index (χ0v) is 11.7. The minimum atomic E-state index is 0.148. The summed E-state index contributed by atoms with van der Waals surface area (Å²) >= 11 is 3.43. The van der Waals surface area contributed by atoms with Crippen molar-refractivity contribution in [2.45, 2.75) is 13.0 Å². The molecule has 1 aromatic carbocycles. The monoisotopic (exact) mass is 318 g/mol. The number of rotatable bonds is 3. The third-order valence-corrected chi connectivity index (χ3v) is 3.33. The summed E-state index contributed by atoms with van der Waals surface area (Å²) in [6, 6.07) is 12.0. The SMILES string of the molecule is CC(Nc1ccc2nnnn2n1)c1ccc(Br)cc1. The van der Waals surface area contributed by atoms with E-state index in [0.717, 1.165) is 10.3 Å². The van der Waals surface area contributed by atoms with Crippen LogP contribution in [0.5, 0.6) is 0 Å². The Balaban J connectivity index is 1.81. The molecule has 1 unspecified atom stereocenters. The highest BCUT2D eigenvalue weighted by Crippen LogP contribution is 2.19. The van der Waals surface area contributed by atoms with Gasteiger partial charge in [0.15, 0.2) is 5.65 Å². The van der Waals surface area contributed by atoms with Gasteiger partial charge in [0, 0.05) is 10.5 Å². The standard InChI is InChI=1S/C12H11BrN6/c1-8(9-2-4-10(13)5-3-9)14-11-6-7-12-15-17-18-19(12)16-11/h2-8H,1H3,(H,14,16). The number of nitrogens with one attached hydrogen (secondary N) is 1. The number of hydrogen-bond acceptors (Lipinski definition) is 5. The quantitative estimate of drug-likeness (QED) is 0.803. The molecule has 7 heteroatoms. The van der Waals surface area contributed by atoms with E-state index in [4.69, 9.17) is 0 Å². The third kappa shape index (κ3) is 2.55. The van der Waals surface area contributed by atoms with Gasteiger partial charge in [0.2, 0.25) is 0 Å². The molecule has 2 heterocycles. The molecule has 0 saturated heterocycles. The highest BCUT2D eigenvalue weighted by molar-refractivity contribution is 9.10. The number of halogens is 1. The highest BCUT2D eigenvalue weighted by atomic mass is 79.9. The van der Waals surface area contributed by atoms with Gasteiger partial charge in [-0.2, -0.15) is 0 Å². The summed E-state index contributed by atoms with van der Waals surface area (Å²) in [5.41, 5.74) is 1.81. The summed E-state index contributed by atoms with van der Waals surface area (Å²) in [7, 11) is 0. The van der Waals surface area contributed by atoms with Crippen LogP contribution in [0.15, 0.2) is 40.9 Å². The van der Waals surface area contributed by atoms with Crippen molar-refractivity contribution < 1.29 is 0 Å². The van der Waals surface area contributed by atoms with Crippen LogP contribution in [0.3, 0.4) is 0 Å². The molecule has 1 N–H and O–H groups in total. The van der Waals surface area contributed by atoms with Crippen LogP contribution in [0.1, 0.15) is 18.5 Å². The highest BCUT2D eigenvalue weighted by Gasteiger charge is 2.07. The van der Waals surface area contributed by atoms with Crippen molar-refractivity contribution in [1.29, 1.82) is 0 Å². The molecule has 0 spiro atoms. The lowest BCUT2D eigenvalue weighted by molar-refractivity contribution is 0.728. The maximum absolute atomic E-state index is 4.28. The predicted molar refractivity (Wildman–Crippen MR) is 74.8 cm³/mol. The predicted octanol–water partition coefficient (Wildman–Crippen LogP) is 2.45. The van der Waals surface area contributed by atoms with Crippen molar-refractivity contribution in [1.82, 2.24) is 25.3 Å². The first kappa shape index (κ1) is 12.0. The molecule has 0 saturated carbocycles. The zero-order chi connectivity index (χ0) is 13.2. The van der Waals surface area contributed by atoms with Crippen molar-refractivity contribution in [3.05, 3.63) is 46.4 Å². The molecule has 0 amide bonds. The van der Waals surface area contributed by atoms with Crippen LogP contribution in [0.25, 0.3) is 5.65 Å². The lowest BCUT2D eigenvalue weighted by atomic mass is 10.1. The fourth-order valence-electron chi connectivity index (χ4n) is 1.78. The maximum Gasteiger partial charge on any atom is 0.200 e. The Bertz CT molecular complexity index is 693. The van der Waals surface area contributed by atoms with Gasteiger partial charge in [-0.1, -0.05) is 28.1 Å². The molecule has 0 bridgehead atoms. The molecule has 1 atom stereocenters. The van der Waals surface area contributed by atoms with E-state index in [2.05, 4.69) is 60.9 Å². The Morgan fingerprint density at radius 3 is 2.74 bits per heavy atom. The van der Waals surface area contributed by atoms with Crippen molar-refractivity contribution >= 4 is 27.4 Å². The summed E-state index contributed by atoms with van der Waals surface area (Å²) < 4.78 is 2.47. The minimum Gasteiger partial charge on any atom is -0.362 e. The Kier molecular flexibility index (Phi) is 3.12. The number of tetrazole rings is 1. The van der Waals surface area contributed by atoms with Crippen molar-refractivity contribution in [2.75, 3.05) is 5.32 Å². The van der Waals surface area contributed by atoms with Gasteiger partial charge >= 0.3 is 0 Å². The van der Waals surface area contributed by atoms with E-state index in [1.807, 2.05) is 24.3 Å². The second-order valence-electron chi connectivity index (χ2n) is 4.16. The molecule has 0 aliphatic rings. The van der Waals surface area contributed by atoms with Crippen LogP contribution in [0, 0.1) is 0 Å². The van der Waals surface area contributed by atoms with E-state index < -0.39 is 0 Å². The number of fused-ring (bicyclic) bond motifs is 1. The smallest absolute Gasteiger partial charge is 0.200 e. The molecule has 0 fully saturated rings. The molecule has 96 valence electrons. The Morgan fingerprint density at radius 1 is 1.16 bits per heavy atom. The topological polar surface area (TPSA) is 68.0 Å². The Hall–Kier alpha value is -2.02. The van der Waals surface area contributed by atoms with Gasteiger partial charge in [0.25, 0.3) is 0 Å². The van der Waals surface area contributed by atoms with Crippen LogP contribution >= 0.6 is 15.9 Å². The number of anilines is 1. The van der Waals surface area contributed by atoms with E-state index >= 15 is 0 Å². The van der Waals surface area contributed by atoms with Gasteiger partial charge in [-0.15, -0.1) is 14.8 Å². The lowest BCUT2D eigenvalue weighted by Gasteiger charge is -2.14. The number of benzene rings is 1. The molecule has 0 aliphatic carbocycles. The first-order valence-electron chi connectivity index (χ1n) is 5.80. The summed E-state index contributed by atoms with van der Waals surface area (Å²) in [5, 5.41) is 18.7. The van der Waals surface area contributed by atoms with E-state index in [9.17, 15) is 0 Å². The van der Waals surface area contributed by atoms with E-state index in [1.165, 1.54) is 10.2 Å². The summed E-state index contributed by atoms with van der Waals surface area (Å²) in [5.74, 6) is 0.732.